The van der Waals surface area contributed by atoms with Crippen molar-refractivity contribution in [2.24, 2.45) is 0 Å². The zero-order valence-electron chi connectivity index (χ0n) is 9.36. The van der Waals surface area contributed by atoms with Crippen LogP contribution in [-0.2, 0) is 0 Å². The first kappa shape index (κ1) is 9.21. The van der Waals surface area contributed by atoms with E-state index in [0.717, 1.165) is 11.0 Å². The minimum atomic E-state index is 1.01. The smallest absolute Gasteiger partial charge is 0.0931 e. The summed E-state index contributed by atoms with van der Waals surface area (Å²) in [5.41, 5.74) is 5.75. The highest BCUT2D eigenvalue weighted by molar-refractivity contribution is 5.77. The third kappa shape index (κ3) is 1.25. The zero-order valence-corrected chi connectivity index (χ0v) is 9.36. The number of H-pyrrole nitrogens is 1. The van der Waals surface area contributed by atoms with Gasteiger partial charge < -0.3 is 9.55 Å². The Labute approximate surface area is 93.7 Å². The molecule has 2 aromatic heterocycles. The van der Waals surface area contributed by atoms with Gasteiger partial charge in [0.25, 0.3) is 0 Å². The highest BCUT2D eigenvalue weighted by Gasteiger charge is 2.05. The molecule has 3 aromatic rings. The van der Waals surface area contributed by atoms with Crippen molar-refractivity contribution >= 4 is 11.0 Å². The molecule has 3 nitrogen and oxygen atoms in total. The minimum Gasteiger partial charge on any atom is -0.345 e. The van der Waals surface area contributed by atoms with Gasteiger partial charge in [-0.15, -0.1) is 0 Å². The van der Waals surface area contributed by atoms with Crippen molar-refractivity contribution in [3.05, 3.63) is 48.0 Å². The molecule has 16 heavy (non-hydrogen) atoms. The second kappa shape index (κ2) is 3.23. The number of fused-ring (bicyclic) bond motifs is 1. The number of nitrogens with one attached hydrogen (secondary N) is 1. The van der Waals surface area contributed by atoms with E-state index in [1.54, 1.807) is 6.33 Å². The standard InChI is InChI=1S/C13H13N3/c1-9-3-4-10(2)16(9)11-5-6-12-13(7-11)15-8-14-12/h3-8H,1-2H3,(H,14,15). The van der Waals surface area contributed by atoms with Gasteiger partial charge in [0, 0.05) is 17.1 Å². The number of aromatic amines is 1. The lowest BCUT2D eigenvalue weighted by molar-refractivity contribution is 0.967. The maximum Gasteiger partial charge on any atom is 0.0931 e. The molecule has 1 aromatic carbocycles. The fraction of sp³-hybridized carbons (Fsp3) is 0.154. The summed E-state index contributed by atoms with van der Waals surface area (Å²) in [6.07, 6.45) is 1.73. The Hall–Kier alpha value is -2.03. The number of aryl methyl sites for hydroxylation is 2. The van der Waals surface area contributed by atoms with Crippen LogP contribution in [-0.4, -0.2) is 14.5 Å². The van der Waals surface area contributed by atoms with Gasteiger partial charge >= 0.3 is 0 Å². The molecule has 0 aliphatic carbocycles. The maximum absolute atomic E-state index is 4.22. The topological polar surface area (TPSA) is 33.6 Å². The molecule has 0 spiro atoms. The average molecular weight is 211 g/mol. The molecular formula is C13H13N3. The molecule has 1 N–H and O–H groups in total. The van der Waals surface area contributed by atoms with Crippen molar-refractivity contribution in [3.63, 3.8) is 0 Å². The van der Waals surface area contributed by atoms with Crippen LogP contribution in [0.1, 0.15) is 11.4 Å². The van der Waals surface area contributed by atoms with E-state index in [0.29, 0.717) is 0 Å². The number of hydrogen-bond acceptors (Lipinski definition) is 1. The van der Waals surface area contributed by atoms with Gasteiger partial charge in [0.15, 0.2) is 0 Å². The lowest BCUT2D eigenvalue weighted by Gasteiger charge is -2.08. The van der Waals surface area contributed by atoms with Gasteiger partial charge in [-0.1, -0.05) is 0 Å². The SMILES string of the molecule is Cc1ccc(C)n1-c1ccc2nc[nH]c2c1. The van der Waals surface area contributed by atoms with Gasteiger partial charge in [0.1, 0.15) is 0 Å². The van der Waals surface area contributed by atoms with Crippen LogP contribution in [0.4, 0.5) is 0 Å². The molecule has 0 atom stereocenters. The van der Waals surface area contributed by atoms with E-state index >= 15 is 0 Å². The molecular weight excluding hydrogens is 198 g/mol. The van der Waals surface area contributed by atoms with Crippen molar-refractivity contribution in [1.29, 1.82) is 0 Å². The fourth-order valence-electron chi connectivity index (χ4n) is 2.14. The largest absolute Gasteiger partial charge is 0.345 e. The third-order valence-electron chi connectivity index (χ3n) is 2.93. The van der Waals surface area contributed by atoms with E-state index in [1.165, 1.54) is 17.1 Å². The first-order valence-electron chi connectivity index (χ1n) is 5.34. The van der Waals surface area contributed by atoms with Gasteiger partial charge in [-0.2, -0.15) is 0 Å². The van der Waals surface area contributed by atoms with Crippen molar-refractivity contribution in [3.8, 4) is 5.69 Å². The van der Waals surface area contributed by atoms with Crippen molar-refractivity contribution in [2.45, 2.75) is 13.8 Å². The van der Waals surface area contributed by atoms with Crippen molar-refractivity contribution in [2.75, 3.05) is 0 Å². The maximum atomic E-state index is 4.22. The molecule has 0 aliphatic heterocycles. The quantitative estimate of drug-likeness (QED) is 0.659. The molecule has 0 fully saturated rings. The molecule has 0 saturated heterocycles. The Morgan fingerprint density at radius 1 is 1.06 bits per heavy atom. The summed E-state index contributed by atoms with van der Waals surface area (Å²) in [5, 5.41) is 0. The molecule has 3 heteroatoms. The Morgan fingerprint density at radius 2 is 1.81 bits per heavy atom. The van der Waals surface area contributed by atoms with Crippen LogP contribution in [0.2, 0.25) is 0 Å². The van der Waals surface area contributed by atoms with Crippen LogP contribution in [0, 0.1) is 13.8 Å². The third-order valence-corrected chi connectivity index (χ3v) is 2.93. The molecule has 0 aliphatic rings. The van der Waals surface area contributed by atoms with Crippen LogP contribution < -0.4 is 0 Å². The van der Waals surface area contributed by atoms with Gasteiger partial charge in [-0.3, -0.25) is 0 Å². The molecule has 3 rings (SSSR count). The Bertz CT molecular complexity index is 627. The van der Waals surface area contributed by atoms with Gasteiger partial charge in [-0.05, 0) is 44.2 Å². The molecule has 0 radical (unpaired) electrons. The number of aromatic nitrogens is 3. The van der Waals surface area contributed by atoms with E-state index in [4.69, 9.17) is 0 Å². The average Bonchev–Trinajstić information content (AvgIpc) is 2.85. The van der Waals surface area contributed by atoms with Crippen LogP contribution in [0.3, 0.4) is 0 Å². The van der Waals surface area contributed by atoms with E-state index in [2.05, 4.69) is 52.6 Å². The second-order valence-electron chi connectivity index (χ2n) is 4.06. The number of nitrogens with zero attached hydrogens (tertiary/aromatic N) is 2. The first-order valence-corrected chi connectivity index (χ1v) is 5.34. The molecule has 0 saturated carbocycles. The Kier molecular flexibility index (Phi) is 1.86. The summed E-state index contributed by atoms with van der Waals surface area (Å²) >= 11 is 0. The number of rotatable bonds is 1. The normalized spacial score (nSPS) is 11.1. The van der Waals surface area contributed by atoms with Crippen molar-refractivity contribution < 1.29 is 0 Å². The highest BCUT2D eigenvalue weighted by Crippen LogP contribution is 2.19. The lowest BCUT2D eigenvalue weighted by atomic mass is 10.2. The summed E-state index contributed by atoms with van der Waals surface area (Å²) in [7, 11) is 0. The number of imidazole rings is 1. The molecule has 0 bridgehead atoms. The number of benzene rings is 1. The Balaban J connectivity index is 2.25. The number of hydrogen-bond donors (Lipinski definition) is 1. The van der Waals surface area contributed by atoms with Crippen LogP contribution in [0.5, 0.6) is 0 Å². The van der Waals surface area contributed by atoms with E-state index in [-0.39, 0.29) is 0 Å². The monoisotopic (exact) mass is 211 g/mol. The van der Waals surface area contributed by atoms with E-state index in [9.17, 15) is 0 Å². The second-order valence-corrected chi connectivity index (χ2v) is 4.06. The molecule has 80 valence electrons. The van der Waals surface area contributed by atoms with E-state index in [1.807, 2.05) is 6.07 Å². The minimum absolute atomic E-state index is 1.01. The van der Waals surface area contributed by atoms with Gasteiger partial charge in [-0.25, -0.2) is 4.98 Å². The van der Waals surface area contributed by atoms with Crippen LogP contribution in [0.15, 0.2) is 36.7 Å². The predicted octanol–water partition coefficient (Wildman–Crippen LogP) is 2.97. The summed E-state index contributed by atoms with van der Waals surface area (Å²) in [6, 6.07) is 10.5. The van der Waals surface area contributed by atoms with Crippen LogP contribution >= 0.6 is 0 Å². The molecule has 0 amide bonds. The van der Waals surface area contributed by atoms with Gasteiger partial charge in [0.05, 0.1) is 17.4 Å². The predicted molar refractivity (Wildman–Crippen MR) is 64.9 cm³/mol. The summed E-state index contributed by atoms with van der Waals surface area (Å²) < 4.78 is 2.24. The first-order chi connectivity index (χ1) is 7.75. The summed E-state index contributed by atoms with van der Waals surface area (Å²) in [5.74, 6) is 0. The lowest BCUT2D eigenvalue weighted by Crippen LogP contribution is -1.98. The molecule has 2 heterocycles. The van der Waals surface area contributed by atoms with E-state index < -0.39 is 0 Å². The Morgan fingerprint density at radius 3 is 2.56 bits per heavy atom. The van der Waals surface area contributed by atoms with Crippen LogP contribution in [0.25, 0.3) is 16.7 Å². The zero-order chi connectivity index (χ0) is 11.1. The highest BCUT2D eigenvalue weighted by atomic mass is 15.0. The summed E-state index contributed by atoms with van der Waals surface area (Å²) in [4.78, 5) is 7.36. The molecule has 0 unspecified atom stereocenters. The van der Waals surface area contributed by atoms with Crippen molar-refractivity contribution in [1.82, 2.24) is 14.5 Å². The van der Waals surface area contributed by atoms with Gasteiger partial charge in [0.2, 0.25) is 0 Å². The summed E-state index contributed by atoms with van der Waals surface area (Å²) in [6.45, 7) is 4.23. The fourth-order valence-corrected chi connectivity index (χ4v) is 2.14.